The second kappa shape index (κ2) is 10.2. The van der Waals surface area contributed by atoms with E-state index in [4.69, 9.17) is 16.3 Å². The van der Waals surface area contributed by atoms with Gasteiger partial charge in [0.2, 0.25) is 0 Å². The Kier molecular flexibility index (Phi) is 7.57. The lowest BCUT2D eigenvalue weighted by molar-refractivity contribution is 0.0848. The summed E-state index contributed by atoms with van der Waals surface area (Å²) in [6, 6.07) is 5.78. The van der Waals surface area contributed by atoms with Crippen molar-refractivity contribution in [2.45, 2.75) is 46.2 Å². The first-order valence-corrected chi connectivity index (χ1v) is 10.9. The van der Waals surface area contributed by atoms with Crippen molar-refractivity contribution in [1.82, 2.24) is 10.3 Å². The number of amides is 1. The van der Waals surface area contributed by atoms with Gasteiger partial charge in [-0.25, -0.2) is 0 Å². The van der Waals surface area contributed by atoms with Gasteiger partial charge < -0.3 is 19.9 Å². The highest BCUT2D eigenvalue weighted by atomic mass is 35.5. The van der Waals surface area contributed by atoms with Crippen molar-refractivity contribution in [2.24, 2.45) is 0 Å². The summed E-state index contributed by atoms with van der Waals surface area (Å²) in [7, 11) is 0. The van der Waals surface area contributed by atoms with Crippen molar-refractivity contribution < 1.29 is 9.53 Å². The number of rotatable bonds is 7. The van der Waals surface area contributed by atoms with Gasteiger partial charge in [-0.15, -0.1) is 6.58 Å². The molecule has 2 aromatic rings. The van der Waals surface area contributed by atoms with Gasteiger partial charge in [-0.05, 0) is 62.9 Å². The first-order valence-electron chi connectivity index (χ1n) is 10.5. The number of hydrogen-bond donors (Lipinski definition) is 2. The number of H-pyrrole nitrogens is 1. The average molecular weight is 444 g/mol. The molecule has 3 rings (SSSR count). The molecule has 1 aromatic heterocycles. The molecule has 0 bridgehead atoms. The van der Waals surface area contributed by atoms with Crippen molar-refractivity contribution in [2.75, 3.05) is 24.7 Å². The third-order valence-corrected chi connectivity index (χ3v) is 5.99. The minimum atomic E-state index is -0.258. The summed E-state index contributed by atoms with van der Waals surface area (Å²) in [6.07, 6.45) is 3.69. The first kappa shape index (κ1) is 23.1. The van der Waals surface area contributed by atoms with Crippen LogP contribution in [0.2, 0.25) is 5.02 Å². The topological polar surface area (TPSA) is 74.4 Å². The number of nitrogens with zero attached hydrogens (tertiary/aromatic N) is 1. The maximum atomic E-state index is 13.0. The molecule has 1 aliphatic rings. The summed E-state index contributed by atoms with van der Waals surface area (Å²) in [5.74, 6) is -0.258. The van der Waals surface area contributed by atoms with Gasteiger partial charge in [-0.1, -0.05) is 17.7 Å². The molecule has 2 heterocycles. The minimum Gasteiger partial charge on any atom is -0.381 e. The predicted octanol–water partition coefficient (Wildman–Crippen LogP) is 4.05. The molecule has 0 saturated carbocycles. The standard InChI is InChI=1S/C24H30ClN3O3/c1-5-8-28(19-6-9-31-10-7-19)22-13-18(25)12-20(17(22)4)23(29)26-14-21-15(2)11-16(3)27-24(21)30/h5,11-13,19H,1,6-10,14H2,2-4H3,(H,26,29)(H,27,30). The molecule has 0 aliphatic carbocycles. The molecule has 2 N–H and O–H groups in total. The normalized spacial score (nSPS) is 14.3. The highest BCUT2D eigenvalue weighted by Gasteiger charge is 2.24. The number of ether oxygens (including phenoxy) is 1. The SMILES string of the molecule is C=CCN(c1cc(Cl)cc(C(=O)NCc2c(C)cc(C)[nH]c2=O)c1C)C1CCOCC1. The highest BCUT2D eigenvalue weighted by Crippen LogP contribution is 2.31. The Hall–Kier alpha value is -2.57. The van der Waals surface area contributed by atoms with Crippen molar-refractivity contribution in [3.05, 3.63) is 74.2 Å². The number of pyridine rings is 1. The van der Waals surface area contributed by atoms with Crippen LogP contribution in [0.3, 0.4) is 0 Å². The second-order valence-electron chi connectivity index (χ2n) is 8.01. The first-order chi connectivity index (χ1) is 14.8. The molecular formula is C24H30ClN3O3. The van der Waals surface area contributed by atoms with Crippen molar-refractivity contribution in [3.8, 4) is 0 Å². The number of aromatic nitrogens is 1. The molecule has 0 atom stereocenters. The molecule has 166 valence electrons. The Morgan fingerprint density at radius 3 is 2.65 bits per heavy atom. The van der Waals surface area contributed by atoms with E-state index in [1.165, 1.54) is 0 Å². The summed E-state index contributed by atoms with van der Waals surface area (Å²) in [5.41, 5.74) is 4.29. The van der Waals surface area contributed by atoms with Crippen LogP contribution in [0.4, 0.5) is 5.69 Å². The molecule has 1 fully saturated rings. The van der Waals surface area contributed by atoms with E-state index < -0.39 is 0 Å². The minimum absolute atomic E-state index is 0.151. The van der Waals surface area contributed by atoms with Crippen LogP contribution >= 0.6 is 11.6 Å². The zero-order valence-corrected chi connectivity index (χ0v) is 19.1. The zero-order chi connectivity index (χ0) is 22.5. The van der Waals surface area contributed by atoms with Gasteiger partial charge in [0.25, 0.3) is 11.5 Å². The number of anilines is 1. The lowest BCUT2D eigenvalue weighted by Crippen LogP contribution is -2.40. The Balaban J connectivity index is 1.88. The number of carbonyl (C=O) groups is 1. The van der Waals surface area contributed by atoms with E-state index in [0.29, 0.717) is 28.7 Å². The Morgan fingerprint density at radius 2 is 2.00 bits per heavy atom. The van der Waals surface area contributed by atoms with Gasteiger partial charge >= 0.3 is 0 Å². The van der Waals surface area contributed by atoms with E-state index in [0.717, 1.165) is 48.6 Å². The van der Waals surface area contributed by atoms with Crippen molar-refractivity contribution >= 4 is 23.2 Å². The van der Waals surface area contributed by atoms with Crippen LogP contribution in [0.25, 0.3) is 0 Å². The summed E-state index contributed by atoms with van der Waals surface area (Å²) >= 11 is 6.42. The lowest BCUT2D eigenvalue weighted by atomic mass is 10.0. The van der Waals surface area contributed by atoms with E-state index in [-0.39, 0.29) is 18.0 Å². The lowest BCUT2D eigenvalue weighted by Gasteiger charge is -2.36. The van der Waals surface area contributed by atoms with Gasteiger partial charge in [0.15, 0.2) is 0 Å². The van der Waals surface area contributed by atoms with E-state index in [1.807, 2.05) is 39.0 Å². The van der Waals surface area contributed by atoms with Crippen LogP contribution in [0.5, 0.6) is 0 Å². The van der Waals surface area contributed by atoms with Gasteiger partial charge in [-0.2, -0.15) is 0 Å². The summed E-state index contributed by atoms with van der Waals surface area (Å²) in [5, 5.41) is 3.38. The van der Waals surface area contributed by atoms with E-state index in [9.17, 15) is 9.59 Å². The molecule has 1 saturated heterocycles. The molecule has 6 nitrogen and oxygen atoms in total. The number of aromatic amines is 1. The average Bonchev–Trinajstić information content (AvgIpc) is 2.73. The molecule has 0 radical (unpaired) electrons. The maximum Gasteiger partial charge on any atom is 0.253 e. The van der Waals surface area contributed by atoms with Gasteiger partial charge in [0, 0.05) is 59.9 Å². The Bertz CT molecular complexity index is 1030. The molecule has 7 heteroatoms. The molecule has 0 unspecified atom stereocenters. The van der Waals surface area contributed by atoms with Crippen LogP contribution in [-0.2, 0) is 11.3 Å². The number of nitrogens with one attached hydrogen (secondary N) is 2. The third-order valence-electron chi connectivity index (χ3n) is 5.78. The summed E-state index contributed by atoms with van der Waals surface area (Å²) < 4.78 is 5.51. The third kappa shape index (κ3) is 5.38. The van der Waals surface area contributed by atoms with E-state index in [1.54, 1.807) is 6.07 Å². The Morgan fingerprint density at radius 1 is 1.29 bits per heavy atom. The monoisotopic (exact) mass is 443 g/mol. The van der Waals surface area contributed by atoms with Gasteiger partial charge in [-0.3, -0.25) is 9.59 Å². The number of halogens is 1. The van der Waals surface area contributed by atoms with E-state index in [2.05, 4.69) is 21.8 Å². The van der Waals surface area contributed by atoms with Gasteiger partial charge in [0.1, 0.15) is 0 Å². The van der Waals surface area contributed by atoms with Crippen LogP contribution < -0.4 is 15.8 Å². The number of benzene rings is 1. The van der Waals surface area contributed by atoms with E-state index >= 15 is 0 Å². The van der Waals surface area contributed by atoms with Crippen molar-refractivity contribution in [1.29, 1.82) is 0 Å². The molecule has 0 spiro atoms. The molecule has 31 heavy (non-hydrogen) atoms. The van der Waals surface area contributed by atoms with Gasteiger partial charge in [0.05, 0.1) is 0 Å². The van der Waals surface area contributed by atoms with Crippen molar-refractivity contribution in [3.63, 3.8) is 0 Å². The maximum absolute atomic E-state index is 13.0. The molecule has 1 aliphatic heterocycles. The highest BCUT2D eigenvalue weighted by molar-refractivity contribution is 6.31. The smallest absolute Gasteiger partial charge is 0.253 e. The fourth-order valence-electron chi connectivity index (χ4n) is 4.14. The number of hydrogen-bond acceptors (Lipinski definition) is 4. The fourth-order valence-corrected chi connectivity index (χ4v) is 4.36. The summed E-state index contributed by atoms with van der Waals surface area (Å²) in [4.78, 5) is 30.4. The fraction of sp³-hybridized carbons (Fsp3) is 0.417. The molecule has 1 aromatic carbocycles. The Labute approximate surface area is 188 Å². The molecular weight excluding hydrogens is 414 g/mol. The largest absolute Gasteiger partial charge is 0.381 e. The van der Waals surface area contributed by atoms with Crippen LogP contribution in [0.15, 0.2) is 35.6 Å². The number of aryl methyl sites for hydroxylation is 2. The van der Waals surface area contributed by atoms with Crippen LogP contribution in [0.1, 0.15) is 45.6 Å². The quantitative estimate of drug-likeness (QED) is 0.633. The summed E-state index contributed by atoms with van der Waals surface area (Å²) in [6.45, 7) is 11.8. The van der Waals surface area contributed by atoms with Crippen LogP contribution in [-0.4, -0.2) is 36.7 Å². The number of carbonyl (C=O) groups excluding carboxylic acids is 1. The molecule has 1 amide bonds. The second-order valence-corrected chi connectivity index (χ2v) is 8.44. The predicted molar refractivity (Wildman–Crippen MR) is 125 cm³/mol. The zero-order valence-electron chi connectivity index (χ0n) is 18.4. The van der Waals surface area contributed by atoms with Crippen LogP contribution in [0, 0.1) is 20.8 Å².